The molecular formula is C51H26B5N3O. The normalized spacial score (nSPS) is 11.7. The Bertz CT molecular complexity index is 3490. The minimum atomic E-state index is 0.172. The van der Waals surface area contributed by atoms with E-state index in [1.165, 1.54) is 32.3 Å². The van der Waals surface area contributed by atoms with Gasteiger partial charge in [0.15, 0.2) is 17.5 Å². The first kappa shape index (κ1) is 36.0. The highest BCUT2D eigenvalue weighted by Gasteiger charge is 2.19. The molecule has 0 atom stereocenters. The van der Waals surface area contributed by atoms with Gasteiger partial charge in [0.2, 0.25) is 0 Å². The molecule has 0 fully saturated rings. The molecule has 0 unspecified atom stereocenters. The van der Waals surface area contributed by atoms with Gasteiger partial charge in [0, 0.05) is 27.5 Å². The summed E-state index contributed by atoms with van der Waals surface area (Å²) < 4.78 is 6.60. The standard InChI is InChI=1S/C51H26B5N3O/c52-44-42(45(53)47(55)48(56)46(44)54)27-17-19-29(20-18-27)50-57-49(28-9-2-1-3-10-28)58-51(59-50)31-22-24-38-41(26-31)60-40-16-8-15-32(43(38)40)30-21-23-37-35-13-5-4-11-33(35)34-12-6-7-14-36(34)39(37)25-30/h1-26H. The number of hydrogen-bond donors (Lipinski definition) is 0. The summed E-state index contributed by atoms with van der Waals surface area (Å²) in [6.07, 6.45) is 0. The SMILES string of the molecule is [B]c1c([B])c([B])c(-c2ccc(-c3nc(-c4ccccc4)nc(-c4ccc5c(c4)oc4cccc(-c6ccc7c8ccccc8c8ccccc8c7c6)c45)n3)cc2)c([B])c1[B]. The quantitative estimate of drug-likeness (QED) is 0.135. The van der Waals surface area contributed by atoms with Gasteiger partial charge >= 0.3 is 0 Å². The van der Waals surface area contributed by atoms with E-state index in [-0.39, 0.29) is 27.3 Å². The van der Waals surface area contributed by atoms with Crippen molar-refractivity contribution in [3.63, 3.8) is 0 Å². The molecule has 266 valence electrons. The zero-order valence-electron chi connectivity index (χ0n) is 32.1. The van der Waals surface area contributed by atoms with Gasteiger partial charge in [0.1, 0.15) is 50.4 Å². The molecule has 0 bridgehead atoms. The summed E-state index contributed by atoms with van der Waals surface area (Å²) in [5.74, 6) is 1.54. The molecule has 9 aromatic carbocycles. The van der Waals surface area contributed by atoms with Gasteiger partial charge in [-0.05, 0) is 78.8 Å². The fourth-order valence-corrected chi connectivity index (χ4v) is 8.58. The van der Waals surface area contributed by atoms with E-state index in [0.29, 0.717) is 23.0 Å². The minimum Gasteiger partial charge on any atom is -0.456 e. The van der Waals surface area contributed by atoms with E-state index in [4.69, 9.17) is 58.6 Å². The summed E-state index contributed by atoms with van der Waals surface area (Å²) in [5.41, 5.74) is 8.53. The van der Waals surface area contributed by atoms with Crippen molar-refractivity contribution in [3.8, 4) is 56.4 Å². The van der Waals surface area contributed by atoms with Crippen molar-refractivity contribution in [1.29, 1.82) is 0 Å². The third kappa shape index (κ3) is 5.72. The third-order valence-electron chi connectivity index (χ3n) is 11.6. The Labute approximate surface area is 352 Å². The molecule has 2 aromatic heterocycles. The van der Waals surface area contributed by atoms with Crippen LogP contribution >= 0.6 is 0 Å². The van der Waals surface area contributed by atoms with E-state index < -0.39 is 0 Å². The lowest BCUT2D eigenvalue weighted by Gasteiger charge is -2.21. The highest BCUT2D eigenvalue weighted by Crippen LogP contribution is 2.41. The number of nitrogens with zero attached hydrogens (tertiary/aromatic N) is 3. The smallest absolute Gasteiger partial charge is 0.164 e. The summed E-state index contributed by atoms with van der Waals surface area (Å²) in [4.78, 5) is 14.9. The first-order valence-corrected chi connectivity index (χ1v) is 19.6. The Morgan fingerprint density at radius 3 is 1.42 bits per heavy atom. The molecule has 0 aliphatic carbocycles. The maximum atomic E-state index is 6.60. The van der Waals surface area contributed by atoms with Crippen LogP contribution in [0.5, 0.6) is 0 Å². The largest absolute Gasteiger partial charge is 0.456 e. The highest BCUT2D eigenvalue weighted by molar-refractivity contribution is 6.68. The van der Waals surface area contributed by atoms with Gasteiger partial charge in [-0.3, -0.25) is 0 Å². The van der Waals surface area contributed by atoms with Crippen LogP contribution in [0.1, 0.15) is 0 Å². The van der Waals surface area contributed by atoms with E-state index in [1.807, 2.05) is 72.8 Å². The van der Waals surface area contributed by atoms with Gasteiger partial charge in [-0.2, -0.15) is 0 Å². The van der Waals surface area contributed by atoms with Crippen LogP contribution in [0.15, 0.2) is 162 Å². The molecular weight excluding hydrogens is 725 g/mol. The van der Waals surface area contributed by atoms with E-state index in [9.17, 15) is 0 Å². The summed E-state index contributed by atoms with van der Waals surface area (Å²) in [5, 5.41) is 9.49. The molecule has 0 aliphatic heterocycles. The second-order valence-corrected chi connectivity index (χ2v) is 15.0. The van der Waals surface area contributed by atoms with E-state index in [0.717, 1.165) is 55.3 Å². The molecule has 0 N–H and O–H groups in total. The van der Waals surface area contributed by atoms with Gasteiger partial charge in [0.25, 0.3) is 0 Å². The minimum absolute atomic E-state index is 0.172. The third-order valence-corrected chi connectivity index (χ3v) is 11.6. The lowest BCUT2D eigenvalue weighted by Crippen LogP contribution is -2.55. The Hall–Kier alpha value is -7.11. The van der Waals surface area contributed by atoms with Crippen LogP contribution in [-0.2, 0) is 0 Å². The van der Waals surface area contributed by atoms with Crippen LogP contribution < -0.4 is 27.3 Å². The Morgan fingerprint density at radius 1 is 0.317 bits per heavy atom. The Balaban J connectivity index is 1.03. The van der Waals surface area contributed by atoms with Crippen LogP contribution in [-0.4, -0.2) is 54.2 Å². The van der Waals surface area contributed by atoms with Crippen LogP contribution in [0, 0.1) is 0 Å². The predicted octanol–water partition coefficient (Wildman–Crippen LogP) is 7.53. The molecule has 4 nitrogen and oxygen atoms in total. The number of fused-ring (bicyclic) bond motifs is 9. The zero-order valence-corrected chi connectivity index (χ0v) is 32.1. The topological polar surface area (TPSA) is 51.8 Å². The van der Waals surface area contributed by atoms with Crippen molar-refractivity contribution < 1.29 is 4.42 Å². The van der Waals surface area contributed by atoms with Gasteiger partial charge in [-0.1, -0.05) is 144 Å². The zero-order chi connectivity index (χ0) is 40.6. The molecule has 0 saturated carbocycles. The maximum absolute atomic E-state index is 6.60. The van der Waals surface area contributed by atoms with Crippen molar-refractivity contribution in [2.24, 2.45) is 0 Å². The highest BCUT2D eigenvalue weighted by atomic mass is 16.3. The monoisotopic (exact) mass is 751 g/mol. The van der Waals surface area contributed by atoms with Crippen molar-refractivity contribution in [3.05, 3.63) is 158 Å². The summed E-state index contributed by atoms with van der Waals surface area (Å²) in [7, 11) is 31.2. The van der Waals surface area contributed by atoms with Gasteiger partial charge < -0.3 is 4.42 Å². The van der Waals surface area contributed by atoms with E-state index in [2.05, 4.69) is 84.9 Å². The number of rotatable bonds is 5. The second-order valence-electron chi connectivity index (χ2n) is 15.0. The average Bonchev–Trinajstić information content (AvgIpc) is 3.69. The summed E-state index contributed by atoms with van der Waals surface area (Å²) in [6.45, 7) is 0. The molecule has 0 aliphatic rings. The Morgan fingerprint density at radius 2 is 0.783 bits per heavy atom. The van der Waals surface area contributed by atoms with Crippen LogP contribution in [0.3, 0.4) is 0 Å². The molecule has 10 radical (unpaired) electrons. The van der Waals surface area contributed by atoms with Crippen molar-refractivity contribution >= 4 is 121 Å². The van der Waals surface area contributed by atoms with Crippen molar-refractivity contribution in [2.75, 3.05) is 0 Å². The number of hydrogen-bond acceptors (Lipinski definition) is 4. The van der Waals surface area contributed by atoms with E-state index in [1.54, 1.807) is 0 Å². The van der Waals surface area contributed by atoms with Crippen molar-refractivity contribution in [1.82, 2.24) is 15.0 Å². The first-order valence-electron chi connectivity index (χ1n) is 19.6. The Kier molecular flexibility index (Phi) is 8.42. The van der Waals surface area contributed by atoms with Gasteiger partial charge in [0.05, 0.1) is 0 Å². The summed E-state index contributed by atoms with van der Waals surface area (Å²) in [6, 6.07) is 53.9. The fourth-order valence-electron chi connectivity index (χ4n) is 8.58. The molecule has 9 heteroatoms. The van der Waals surface area contributed by atoms with E-state index >= 15 is 0 Å². The fraction of sp³-hybridized carbons (Fsp3) is 0. The van der Waals surface area contributed by atoms with Crippen LogP contribution in [0.4, 0.5) is 0 Å². The predicted molar refractivity (Wildman–Crippen MR) is 254 cm³/mol. The molecule has 0 amide bonds. The lowest BCUT2D eigenvalue weighted by atomic mass is 9.59. The van der Waals surface area contributed by atoms with Crippen LogP contribution in [0.25, 0.3) is 111 Å². The molecule has 2 heterocycles. The molecule has 11 aromatic rings. The summed E-state index contributed by atoms with van der Waals surface area (Å²) >= 11 is 0. The number of aromatic nitrogens is 3. The van der Waals surface area contributed by atoms with Gasteiger partial charge in [-0.25, -0.2) is 15.0 Å². The molecule has 0 saturated heterocycles. The van der Waals surface area contributed by atoms with Gasteiger partial charge in [-0.15, -0.1) is 16.4 Å². The average molecular weight is 751 g/mol. The van der Waals surface area contributed by atoms with Crippen molar-refractivity contribution in [2.45, 2.75) is 0 Å². The molecule has 11 rings (SSSR count). The molecule has 0 spiro atoms. The second kappa shape index (κ2) is 14.0. The maximum Gasteiger partial charge on any atom is 0.164 e. The first-order chi connectivity index (χ1) is 29.3. The molecule has 60 heavy (non-hydrogen) atoms. The lowest BCUT2D eigenvalue weighted by molar-refractivity contribution is 0.669. The number of benzene rings is 9. The van der Waals surface area contributed by atoms with Crippen LogP contribution in [0.2, 0.25) is 0 Å². The number of furan rings is 1.